The number of aromatic nitrogens is 3. The SMILES string of the molecule is Cn1cc2c(n1)CN(c1c(F)cc3c(=O)c(C(=O)O)cn(C4CC4)c3c1F)C2. The molecule has 0 amide bonds. The molecule has 9 heteroatoms. The van der Waals surface area contributed by atoms with Crippen LogP contribution in [0.2, 0.25) is 0 Å². The number of aromatic carboxylic acids is 1. The lowest BCUT2D eigenvalue weighted by atomic mass is 10.1. The van der Waals surface area contributed by atoms with Crippen LogP contribution in [0.4, 0.5) is 14.5 Å². The largest absolute Gasteiger partial charge is 0.477 e. The minimum absolute atomic E-state index is 0.0426. The minimum atomic E-state index is -1.41. The summed E-state index contributed by atoms with van der Waals surface area (Å²) in [5, 5.41) is 13.3. The monoisotopic (exact) mass is 386 g/mol. The van der Waals surface area contributed by atoms with E-state index in [4.69, 9.17) is 0 Å². The minimum Gasteiger partial charge on any atom is -0.477 e. The third kappa shape index (κ3) is 2.35. The van der Waals surface area contributed by atoms with Gasteiger partial charge in [0, 0.05) is 37.6 Å². The number of carboxylic acids is 1. The van der Waals surface area contributed by atoms with E-state index in [1.165, 1.54) is 10.8 Å². The molecule has 28 heavy (non-hydrogen) atoms. The number of fused-ring (bicyclic) bond motifs is 2. The van der Waals surface area contributed by atoms with Crippen molar-refractivity contribution in [3.05, 3.63) is 57.1 Å². The molecule has 0 saturated heterocycles. The third-order valence-electron chi connectivity index (χ3n) is 5.36. The number of hydrogen-bond acceptors (Lipinski definition) is 4. The van der Waals surface area contributed by atoms with Crippen LogP contribution >= 0.6 is 0 Å². The Morgan fingerprint density at radius 1 is 1.25 bits per heavy atom. The van der Waals surface area contributed by atoms with Gasteiger partial charge < -0.3 is 14.6 Å². The molecule has 1 N–H and O–H groups in total. The molecule has 0 bridgehead atoms. The summed E-state index contributed by atoms with van der Waals surface area (Å²) in [5.74, 6) is -3.14. The summed E-state index contributed by atoms with van der Waals surface area (Å²) in [5.41, 5.74) is 0.0217. The van der Waals surface area contributed by atoms with Crippen LogP contribution in [-0.4, -0.2) is 25.4 Å². The van der Waals surface area contributed by atoms with Crippen molar-refractivity contribution in [2.45, 2.75) is 32.0 Å². The maximum absolute atomic E-state index is 15.5. The van der Waals surface area contributed by atoms with Gasteiger partial charge in [-0.05, 0) is 18.9 Å². The van der Waals surface area contributed by atoms with Crippen LogP contribution in [0.1, 0.15) is 40.5 Å². The van der Waals surface area contributed by atoms with Gasteiger partial charge in [-0.25, -0.2) is 13.6 Å². The van der Waals surface area contributed by atoms with Gasteiger partial charge in [-0.3, -0.25) is 9.48 Å². The molecule has 2 aliphatic rings. The molecule has 2 aromatic heterocycles. The summed E-state index contributed by atoms with van der Waals surface area (Å²) >= 11 is 0. The highest BCUT2D eigenvalue weighted by Gasteiger charge is 2.32. The highest BCUT2D eigenvalue weighted by Crippen LogP contribution is 2.40. The van der Waals surface area contributed by atoms with E-state index >= 15 is 4.39 Å². The Kier molecular flexibility index (Phi) is 3.40. The summed E-state index contributed by atoms with van der Waals surface area (Å²) in [6.45, 7) is 0.569. The maximum atomic E-state index is 15.5. The summed E-state index contributed by atoms with van der Waals surface area (Å²) < 4.78 is 33.6. The van der Waals surface area contributed by atoms with Crippen molar-refractivity contribution < 1.29 is 18.7 Å². The Morgan fingerprint density at radius 2 is 2.00 bits per heavy atom. The Morgan fingerprint density at radius 3 is 2.64 bits per heavy atom. The number of benzene rings is 1. The summed E-state index contributed by atoms with van der Waals surface area (Å²) in [7, 11) is 1.79. The van der Waals surface area contributed by atoms with E-state index in [0.717, 1.165) is 30.2 Å². The Labute approximate surface area is 157 Å². The Balaban J connectivity index is 1.73. The van der Waals surface area contributed by atoms with Crippen LogP contribution in [0.3, 0.4) is 0 Å². The zero-order valence-electron chi connectivity index (χ0n) is 14.9. The number of hydrogen-bond donors (Lipinski definition) is 1. The molecule has 5 rings (SSSR count). The first-order valence-corrected chi connectivity index (χ1v) is 8.91. The average molecular weight is 386 g/mol. The van der Waals surface area contributed by atoms with E-state index in [1.807, 2.05) is 6.20 Å². The molecular weight excluding hydrogens is 370 g/mol. The van der Waals surface area contributed by atoms with Gasteiger partial charge in [0.05, 0.1) is 23.1 Å². The summed E-state index contributed by atoms with van der Waals surface area (Å²) in [6.07, 6.45) is 4.49. The van der Waals surface area contributed by atoms with E-state index in [-0.39, 0.29) is 29.2 Å². The van der Waals surface area contributed by atoms with Gasteiger partial charge in [-0.2, -0.15) is 5.10 Å². The van der Waals surface area contributed by atoms with Crippen molar-refractivity contribution in [3.8, 4) is 0 Å². The van der Waals surface area contributed by atoms with Crippen LogP contribution in [0.25, 0.3) is 10.9 Å². The van der Waals surface area contributed by atoms with Crippen molar-refractivity contribution in [3.63, 3.8) is 0 Å². The quantitative estimate of drug-likeness (QED) is 0.748. The molecule has 1 fully saturated rings. The predicted octanol–water partition coefficient (Wildman–Crippen LogP) is 2.57. The first-order chi connectivity index (χ1) is 13.3. The number of anilines is 1. The van der Waals surface area contributed by atoms with E-state index in [9.17, 15) is 19.1 Å². The van der Waals surface area contributed by atoms with Crippen molar-refractivity contribution in [1.82, 2.24) is 14.3 Å². The third-order valence-corrected chi connectivity index (χ3v) is 5.36. The van der Waals surface area contributed by atoms with Gasteiger partial charge in [0.15, 0.2) is 5.82 Å². The van der Waals surface area contributed by atoms with Gasteiger partial charge >= 0.3 is 5.97 Å². The zero-order chi connectivity index (χ0) is 19.7. The first-order valence-electron chi connectivity index (χ1n) is 8.91. The molecule has 1 aliphatic heterocycles. The van der Waals surface area contributed by atoms with Gasteiger partial charge in [0.2, 0.25) is 5.43 Å². The topological polar surface area (TPSA) is 80.4 Å². The van der Waals surface area contributed by atoms with Gasteiger partial charge in [0.25, 0.3) is 0 Å². The van der Waals surface area contributed by atoms with Gasteiger partial charge in [0.1, 0.15) is 17.1 Å². The number of carbonyl (C=O) groups is 1. The van der Waals surface area contributed by atoms with Crippen molar-refractivity contribution in [1.29, 1.82) is 0 Å². The van der Waals surface area contributed by atoms with Crippen molar-refractivity contribution >= 4 is 22.6 Å². The number of carboxylic acid groups (broad SMARTS) is 1. The van der Waals surface area contributed by atoms with Crippen LogP contribution < -0.4 is 10.3 Å². The molecule has 0 radical (unpaired) electrons. The Bertz CT molecular complexity index is 1200. The molecule has 0 atom stereocenters. The lowest BCUT2D eigenvalue weighted by Gasteiger charge is -2.22. The Hall–Kier alpha value is -3.23. The molecule has 0 spiro atoms. The van der Waals surface area contributed by atoms with Gasteiger partial charge in [-0.15, -0.1) is 0 Å². The molecule has 7 nitrogen and oxygen atoms in total. The highest BCUT2D eigenvalue weighted by atomic mass is 19.1. The molecule has 1 aromatic carbocycles. The van der Waals surface area contributed by atoms with Crippen LogP contribution in [0.5, 0.6) is 0 Å². The van der Waals surface area contributed by atoms with E-state index in [0.29, 0.717) is 6.54 Å². The first kappa shape index (κ1) is 16.9. The van der Waals surface area contributed by atoms with E-state index in [1.54, 1.807) is 16.6 Å². The number of pyridine rings is 1. The maximum Gasteiger partial charge on any atom is 0.341 e. The molecule has 1 aliphatic carbocycles. The molecule has 144 valence electrons. The number of aryl methyl sites for hydroxylation is 1. The molecular formula is C19H16F2N4O3. The van der Waals surface area contributed by atoms with E-state index < -0.39 is 28.6 Å². The highest BCUT2D eigenvalue weighted by molar-refractivity contribution is 5.94. The summed E-state index contributed by atoms with van der Waals surface area (Å²) in [6, 6.07) is 0.866. The van der Waals surface area contributed by atoms with Crippen LogP contribution in [-0.2, 0) is 20.1 Å². The second-order valence-electron chi connectivity index (χ2n) is 7.36. The summed E-state index contributed by atoms with van der Waals surface area (Å²) in [4.78, 5) is 25.5. The zero-order valence-corrected chi connectivity index (χ0v) is 14.9. The van der Waals surface area contributed by atoms with E-state index in [2.05, 4.69) is 5.10 Å². The van der Waals surface area contributed by atoms with Crippen LogP contribution in [0, 0.1) is 11.6 Å². The van der Waals surface area contributed by atoms with Gasteiger partial charge in [-0.1, -0.05) is 0 Å². The fraction of sp³-hybridized carbons (Fsp3) is 0.316. The molecule has 3 aromatic rings. The fourth-order valence-electron chi connectivity index (χ4n) is 3.96. The number of nitrogens with zero attached hydrogens (tertiary/aromatic N) is 4. The van der Waals surface area contributed by atoms with Crippen molar-refractivity contribution in [2.24, 2.45) is 7.05 Å². The number of halogens is 2. The van der Waals surface area contributed by atoms with Crippen LogP contribution in [0.15, 0.2) is 23.3 Å². The predicted molar refractivity (Wildman–Crippen MR) is 96.4 cm³/mol. The number of rotatable bonds is 3. The lowest BCUT2D eigenvalue weighted by Crippen LogP contribution is -2.23. The standard InChI is InChI=1S/C19H16F2N4O3/c1-23-5-9-6-24(8-14(9)22-23)17-13(20)4-11-16(15(17)21)25(10-2-3-10)7-12(18(11)26)19(27)28/h4-5,7,10H,2-3,6,8H2,1H3,(H,27,28). The normalized spacial score (nSPS) is 16.0. The lowest BCUT2D eigenvalue weighted by molar-refractivity contribution is 0.0695. The van der Waals surface area contributed by atoms with Crippen molar-refractivity contribution in [2.75, 3.05) is 4.90 Å². The smallest absolute Gasteiger partial charge is 0.341 e. The second-order valence-corrected chi connectivity index (χ2v) is 7.36. The molecule has 1 saturated carbocycles. The average Bonchev–Trinajstić information content (AvgIpc) is 3.30. The molecule has 0 unspecified atom stereocenters. The molecule has 3 heterocycles. The second kappa shape index (κ2) is 5.63. The fourth-order valence-corrected chi connectivity index (χ4v) is 3.96.